The molecule has 1 aliphatic carbocycles. The number of nitro groups is 2. The van der Waals surface area contributed by atoms with Crippen molar-refractivity contribution in [2.45, 2.75) is 72.3 Å². The lowest BCUT2D eigenvalue weighted by molar-refractivity contribution is -0.392. The number of hydrogen-bond donors (Lipinski definition) is 5. The number of halogens is 1. The van der Waals surface area contributed by atoms with Gasteiger partial charge in [-0.05, 0) is 64.0 Å². The molecule has 0 saturated carbocycles. The van der Waals surface area contributed by atoms with Crippen molar-refractivity contribution < 1.29 is 57.6 Å². The van der Waals surface area contributed by atoms with E-state index < -0.39 is 53.9 Å². The van der Waals surface area contributed by atoms with Crippen LogP contribution in [0.5, 0.6) is 5.75 Å². The van der Waals surface area contributed by atoms with Crippen LogP contribution in [0.4, 0.5) is 32.8 Å². The Kier molecular flexibility index (Phi) is 15.3. The fraction of sp³-hybridized carbons (Fsp3) is 0.429. The molecule has 21 heteroatoms. The van der Waals surface area contributed by atoms with Gasteiger partial charge in [0.25, 0.3) is 23.4 Å². The number of nitrogens with one attached hydrogen (secondary N) is 2. The van der Waals surface area contributed by atoms with Crippen molar-refractivity contribution in [3.63, 3.8) is 0 Å². The Morgan fingerprint density at radius 2 is 1.62 bits per heavy atom. The van der Waals surface area contributed by atoms with Gasteiger partial charge >= 0.3 is 19.3 Å². The molecule has 0 bridgehead atoms. The third-order valence-electron chi connectivity index (χ3n) is 8.95. The molecule has 5 N–H and O–H groups in total. The average Bonchev–Trinajstić information content (AvgIpc) is 3.37. The second-order valence-corrected chi connectivity index (χ2v) is 14.4. The van der Waals surface area contributed by atoms with Crippen LogP contribution in [0.1, 0.15) is 63.5 Å². The first kappa shape index (κ1) is 44.7. The molecule has 2 aromatic rings. The maximum Gasteiger partial charge on any atom is 0.339 e. The van der Waals surface area contributed by atoms with Crippen LogP contribution >= 0.6 is 7.60 Å². The number of nitro benzene ring substituents is 2. The highest BCUT2D eigenvalue weighted by atomic mass is 31.2. The monoisotopic (exact) mass is 804 g/mol. The van der Waals surface area contributed by atoms with Crippen LogP contribution in [0.2, 0.25) is 0 Å². The number of carbonyl (C=O) groups is 4. The molecule has 2 heterocycles. The van der Waals surface area contributed by atoms with E-state index in [0.29, 0.717) is 35.1 Å². The first-order chi connectivity index (χ1) is 26.3. The highest BCUT2D eigenvalue weighted by Gasteiger charge is 2.42. The van der Waals surface area contributed by atoms with Crippen molar-refractivity contribution in [3.8, 4) is 18.1 Å². The van der Waals surface area contributed by atoms with Gasteiger partial charge in [-0.3, -0.25) is 54.2 Å². The normalized spacial score (nSPS) is 14.8. The summed E-state index contributed by atoms with van der Waals surface area (Å²) < 4.78 is 30.0. The number of benzene rings is 2. The number of hydrogen-bond acceptors (Lipinski definition) is 12. The second-order valence-electron chi connectivity index (χ2n) is 12.7. The number of aliphatic carboxylic acids is 1. The summed E-state index contributed by atoms with van der Waals surface area (Å²) in [5, 5.41) is 35.5. The van der Waals surface area contributed by atoms with Gasteiger partial charge in [0.2, 0.25) is 0 Å². The Labute approximate surface area is 320 Å². The summed E-state index contributed by atoms with van der Waals surface area (Å²) in [6.07, 6.45) is 8.88. The Morgan fingerprint density at radius 3 is 2.11 bits per heavy atom. The third-order valence-corrected chi connectivity index (χ3v) is 9.59. The topological polar surface area (TPSA) is 272 Å². The quantitative estimate of drug-likeness (QED) is 0.0652. The van der Waals surface area contributed by atoms with Crippen LogP contribution in [0.15, 0.2) is 29.3 Å². The molecule has 5 rings (SSSR count). The van der Waals surface area contributed by atoms with E-state index in [9.17, 15) is 48.4 Å². The molecule has 0 radical (unpaired) electrons. The molecule has 0 aromatic heterocycles. The molecule has 2 aliphatic heterocycles. The molecule has 302 valence electrons. The smallest absolute Gasteiger partial charge is 0.339 e. The van der Waals surface area contributed by atoms with Crippen molar-refractivity contribution >= 4 is 59.7 Å². The number of terminal acetylenes is 1. The molecule has 3 amide bonds. The zero-order chi connectivity index (χ0) is 42.1. The second kappa shape index (κ2) is 19.2. The van der Waals surface area contributed by atoms with Crippen molar-refractivity contribution in [1.82, 2.24) is 5.32 Å². The minimum atomic E-state index is -4.10. The van der Waals surface area contributed by atoms with E-state index in [4.69, 9.17) is 26.1 Å². The lowest BCUT2D eigenvalue weighted by Gasteiger charge is -2.29. The number of anilines is 3. The molecule has 2 aromatic carbocycles. The molecule has 0 spiro atoms. The molecule has 0 saturated heterocycles. The van der Waals surface area contributed by atoms with Crippen LogP contribution in [0, 0.1) is 52.2 Å². The maximum atomic E-state index is 14.7. The lowest BCUT2D eigenvalue weighted by atomic mass is 9.93. The Hall–Kier alpha value is -5.74. The van der Waals surface area contributed by atoms with Gasteiger partial charge in [0.15, 0.2) is 18.1 Å². The van der Waals surface area contributed by atoms with Crippen LogP contribution in [0.25, 0.3) is 0 Å². The van der Waals surface area contributed by atoms with Gasteiger partial charge in [-0.15, -0.1) is 6.42 Å². The number of carboxylic acid groups (broad SMARTS) is 1. The van der Waals surface area contributed by atoms with Crippen molar-refractivity contribution in [2.75, 3.05) is 41.1 Å². The van der Waals surface area contributed by atoms with Gasteiger partial charge in [-0.25, -0.2) is 9.29 Å². The molecule has 3 aliphatic rings. The first-order valence-corrected chi connectivity index (χ1v) is 19.0. The highest BCUT2D eigenvalue weighted by molar-refractivity contribution is 7.51. The zero-order valence-electron chi connectivity index (χ0n) is 31.0. The SMILES string of the molecule is C#CCN1C(=O)COc2cc(F)c(N3C(=O)C4=C(CCCC4)C3=O)cc21.CCC(CC)Nc1c([N+](=O)[O-])cc(C)c(C)c1[N+](=O)[O-].O=C(O)CNCP(=O)(O)O. The van der Waals surface area contributed by atoms with Gasteiger partial charge < -0.3 is 24.9 Å². The Balaban J connectivity index is 0.000000249. The first-order valence-electron chi connectivity index (χ1n) is 17.2. The number of aryl methyl sites for hydroxylation is 1. The van der Waals surface area contributed by atoms with Crippen molar-refractivity contribution in [1.29, 1.82) is 0 Å². The van der Waals surface area contributed by atoms with E-state index in [1.807, 2.05) is 13.8 Å². The summed E-state index contributed by atoms with van der Waals surface area (Å²) in [6, 6.07) is 3.72. The van der Waals surface area contributed by atoms with Gasteiger partial charge in [-0.2, -0.15) is 0 Å². The minimum absolute atomic E-state index is 0.0109. The molecule has 0 atom stereocenters. The van der Waals surface area contributed by atoms with Crippen LogP contribution in [-0.2, 0) is 23.7 Å². The van der Waals surface area contributed by atoms with Gasteiger partial charge in [0, 0.05) is 34.9 Å². The van der Waals surface area contributed by atoms with Gasteiger partial charge in [0.05, 0.1) is 40.6 Å². The fourth-order valence-corrected chi connectivity index (χ4v) is 6.41. The number of imide groups is 1. The van der Waals surface area contributed by atoms with E-state index in [2.05, 4.69) is 16.6 Å². The fourth-order valence-electron chi connectivity index (χ4n) is 6.01. The van der Waals surface area contributed by atoms with E-state index in [1.165, 1.54) is 17.0 Å². The standard InChI is InChI=1S/C19H15FN2O4.C13H19N3O4.C3H8NO5P/c1-2-7-21-15-9-14(13(20)8-16(15)26-10-17(21)23)22-18(24)11-5-3-4-6-12(11)19(22)25;1-5-10(6-2)14-12-11(15(17)18)7-8(3)9(4)13(12)16(19)20;5-3(6)1-4-2-10(7,8)9/h1,8-9H,3-7,10H2;7,10,14H,5-6H2,1-4H3;4H,1-2H2,(H,5,6)(H2,7,8,9). The average molecular weight is 805 g/mol. The summed E-state index contributed by atoms with van der Waals surface area (Å²) in [5.74, 6) is -0.739. The molecule has 19 nitrogen and oxygen atoms in total. The zero-order valence-corrected chi connectivity index (χ0v) is 31.9. The molecular formula is C35H42FN6O13P. The summed E-state index contributed by atoms with van der Waals surface area (Å²) in [7, 11) is -4.10. The Morgan fingerprint density at radius 1 is 1.04 bits per heavy atom. The van der Waals surface area contributed by atoms with Gasteiger partial charge in [0.1, 0.15) is 5.75 Å². The number of nitrogens with zero attached hydrogens (tertiary/aromatic N) is 4. The molecular weight excluding hydrogens is 762 g/mol. The minimum Gasteiger partial charge on any atom is -0.481 e. The van der Waals surface area contributed by atoms with Crippen LogP contribution < -0.4 is 25.2 Å². The van der Waals surface area contributed by atoms with E-state index in [1.54, 1.807) is 13.8 Å². The predicted molar refractivity (Wildman–Crippen MR) is 201 cm³/mol. The van der Waals surface area contributed by atoms with E-state index in [0.717, 1.165) is 36.6 Å². The number of carbonyl (C=O) groups excluding carboxylic acids is 3. The molecule has 56 heavy (non-hydrogen) atoms. The maximum absolute atomic E-state index is 14.7. The summed E-state index contributed by atoms with van der Waals surface area (Å²) in [4.78, 5) is 87.0. The highest BCUT2D eigenvalue weighted by Crippen LogP contribution is 2.42. The summed E-state index contributed by atoms with van der Waals surface area (Å²) in [6.45, 7) is 6.40. The van der Waals surface area contributed by atoms with Gasteiger partial charge in [-0.1, -0.05) is 19.8 Å². The molecule has 0 fully saturated rings. The third kappa shape index (κ3) is 10.7. The number of ether oxygens (including phenoxy) is 1. The summed E-state index contributed by atoms with van der Waals surface area (Å²) in [5.41, 5.74) is 1.55. The van der Waals surface area contributed by atoms with Crippen molar-refractivity contribution in [2.24, 2.45) is 0 Å². The Bertz CT molecular complexity index is 2010. The van der Waals surface area contributed by atoms with Crippen LogP contribution in [-0.4, -0.2) is 80.5 Å². The number of fused-ring (bicyclic) bond motifs is 1. The number of rotatable bonds is 12. The van der Waals surface area contributed by atoms with Crippen molar-refractivity contribution in [3.05, 3.63) is 66.5 Å². The van der Waals surface area contributed by atoms with E-state index >= 15 is 0 Å². The van der Waals surface area contributed by atoms with E-state index in [-0.39, 0.29) is 59.3 Å². The number of amides is 3. The largest absolute Gasteiger partial charge is 0.481 e. The lowest BCUT2D eigenvalue weighted by Crippen LogP contribution is -2.39. The predicted octanol–water partition coefficient (Wildman–Crippen LogP) is 4.44. The summed E-state index contributed by atoms with van der Waals surface area (Å²) >= 11 is 0. The molecule has 0 unspecified atom stereocenters. The number of carboxylic acids is 1. The van der Waals surface area contributed by atoms with Crippen LogP contribution in [0.3, 0.4) is 0 Å².